The fourth-order valence-electron chi connectivity index (χ4n) is 3.50. The van der Waals surface area contributed by atoms with E-state index in [-0.39, 0.29) is 0 Å². The van der Waals surface area contributed by atoms with Gasteiger partial charge < -0.3 is 4.90 Å². The smallest absolute Gasteiger partial charge is 0.159 e. The number of hydrogen-bond donors (Lipinski definition) is 0. The quantitative estimate of drug-likeness (QED) is 0.688. The molecule has 0 spiro atoms. The normalized spacial score (nSPS) is 37.8. The van der Waals surface area contributed by atoms with Crippen molar-refractivity contribution < 1.29 is 0 Å². The van der Waals surface area contributed by atoms with Crippen molar-refractivity contribution in [2.24, 2.45) is 10.9 Å². The molecule has 3 rings (SSSR count). The number of rotatable bonds is 1. The third-order valence-corrected chi connectivity index (χ3v) is 6.80. The Kier molecular flexibility index (Phi) is 4.00. The van der Waals surface area contributed by atoms with Crippen LogP contribution in [0.3, 0.4) is 0 Å². The van der Waals surface area contributed by atoms with Crippen molar-refractivity contribution >= 4 is 32.9 Å². The van der Waals surface area contributed by atoms with Crippen LogP contribution < -0.4 is 0 Å². The molecule has 2 heterocycles. The van der Waals surface area contributed by atoms with E-state index in [2.05, 4.69) is 20.8 Å². The molecule has 17 heavy (non-hydrogen) atoms. The fourth-order valence-corrected chi connectivity index (χ4v) is 5.13. The number of halogens is 1. The molecular weight excluding hydrogens is 296 g/mol. The molecule has 4 heteroatoms. The van der Waals surface area contributed by atoms with E-state index in [9.17, 15) is 0 Å². The summed E-state index contributed by atoms with van der Waals surface area (Å²) in [5.41, 5.74) is 0. The maximum absolute atomic E-state index is 4.78. The second-order valence-electron chi connectivity index (χ2n) is 5.46. The molecule has 1 saturated heterocycles. The first-order chi connectivity index (χ1) is 8.38. The van der Waals surface area contributed by atoms with Gasteiger partial charge in [-0.1, -0.05) is 40.5 Å². The van der Waals surface area contributed by atoms with Crippen molar-refractivity contribution in [3.8, 4) is 0 Å². The molecule has 2 fully saturated rings. The molecule has 0 radical (unpaired) electrons. The Morgan fingerprint density at radius 3 is 2.88 bits per heavy atom. The number of amidine groups is 1. The number of aliphatic imine (C=N–C) groups is 1. The highest BCUT2D eigenvalue weighted by atomic mass is 79.9. The third-order valence-electron chi connectivity index (χ3n) is 4.36. The fraction of sp³-hybridized carbons (Fsp3) is 0.923. The van der Waals surface area contributed by atoms with Gasteiger partial charge in [-0.15, -0.1) is 0 Å². The zero-order chi connectivity index (χ0) is 11.7. The molecule has 0 amide bonds. The van der Waals surface area contributed by atoms with Gasteiger partial charge in [0.15, 0.2) is 5.17 Å². The van der Waals surface area contributed by atoms with Gasteiger partial charge in [0.05, 0.1) is 6.54 Å². The van der Waals surface area contributed by atoms with Gasteiger partial charge >= 0.3 is 0 Å². The van der Waals surface area contributed by atoms with Crippen LogP contribution in [0.5, 0.6) is 0 Å². The van der Waals surface area contributed by atoms with Gasteiger partial charge in [-0.2, -0.15) is 0 Å². The Morgan fingerprint density at radius 2 is 2.06 bits per heavy atom. The lowest BCUT2D eigenvalue weighted by Crippen LogP contribution is -2.48. The summed E-state index contributed by atoms with van der Waals surface area (Å²) in [5.74, 6) is 0.962. The summed E-state index contributed by atoms with van der Waals surface area (Å²) in [4.78, 5) is 7.43. The minimum Gasteiger partial charge on any atom is -0.348 e. The lowest BCUT2D eigenvalue weighted by molar-refractivity contribution is 0.122. The number of nitrogens with zero attached hydrogens (tertiary/aromatic N) is 2. The van der Waals surface area contributed by atoms with Crippen LogP contribution in [0.15, 0.2) is 4.99 Å². The van der Waals surface area contributed by atoms with Crippen LogP contribution >= 0.6 is 27.7 Å². The molecule has 0 aromatic heterocycles. The van der Waals surface area contributed by atoms with E-state index in [4.69, 9.17) is 4.99 Å². The summed E-state index contributed by atoms with van der Waals surface area (Å²) in [5, 5.41) is 3.10. The molecular formula is C13H21BrN2S. The Hall–Kier alpha value is 0.300. The number of likely N-dealkylation sites (tertiary alicyclic amines) is 1. The van der Waals surface area contributed by atoms with Crippen LogP contribution in [0.25, 0.3) is 0 Å². The van der Waals surface area contributed by atoms with Gasteiger partial charge in [0.2, 0.25) is 0 Å². The molecule has 1 aliphatic carbocycles. The third kappa shape index (κ3) is 2.53. The molecule has 1 saturated carbocycles. The monoisotopic (exact) mass is 316 g/mol. The number of hydrogen-bond acceptors (Lipinski definition) is 3. The van der Waals surface area contributed by atoms with Crippen molar-refractivity contribution in [3.63, 3.8) is 0 Å². The zero-order valence-corrected chi connectivity index (χ0v) is 12.7. The highest BCUT2D eigenvalue weighted by Gasteiger charge is 2.36. The summed E-state index contributed by atoms with van der Waals surface area (Å²) in [7, 11) is 0. The average molecular weight is 317 g/mol. The topological polar surface area (TPSA) is 15.6 Å². The number of fused-ring (bicyclic) bond motifs is 1. The standard InChI is InChI=1S/C13H21BrN2S/c14-8-11-9-15-13(17-11)16-7-3-5-10-4-1-2-6-12(10)16/h10-12H,1-9H2/t10-,11?,12-/m1/s1. The van der Waals surface area contributed by atoms with Crippen LogP contribution in [0.2, 0.25) is 0 Å². The second kappa shape index (κ2) is 5.52. The van der Waals surface area contributed by atoms with E-state index >= 15 is 0 Å². The summed E-state index contributed by atoms with van der Waals surface area (Å²) in [6.07, 6.45) is 8.58. The van der Waals surface area contributed by atoms with Crippen LogP contribution in [0.4, 0.5) is 0 Å². The molecule has 3 atom stereocenters. The molecule has 0 aromatic carbocycles. The van der Waals surface area contributed by atoms with Gasteiger partial charge in [-0.05, 0) is 31.6 Å². The van der Waals surface area contributed by atoms with Crippen LogP contribution in [-0.2, 0) is 0 Å². The molecule has 3 aliphatic rings. The zero-order valence-electron chi connectivity index (χ0n) is 10.3. The van der Waals surface area contributed by atoms with E-state index in [1.54, 1.807) is 0 Å². The van der Waals surface area contributed by atoms with Crippen molar-refractivity contribution in [2.75, 3.05) is 18.4 Å². The Labute approximate surface area is 117 Å². The first kappa shape index (κ1) is 12.3. The summed E-state index contributed by atoms with van der Waals surface area (Å²) in [6, 6.07) is 0.817. The van der Waals surface area contributed by atoms with Crippen LogP contribution in [-0.4, -0.2) is 39.8 Å². The van der Waals surface area contributed by atoms with E-state index < -0.39 is 0 Å². The molecule has 0 bridgehead atoms. The van der Waals surface area contributed by atoms with E-state index in [0.29, 0.717) is 5.25 Å². The Bertz CT molecular complexity index is 306. The van der Waals surface area contributed by atoms with E-state index in [0.717, 1.165) is 23.8 Å². The molecule has 1 unspecified atom stereocenters. The Morgan fingerprint density at radius 1 is 1.24 bits per heavy atom. The molecule has 0 N–H and O–H groups in total. The summed E-state index contributed by atoms with van der Waals surface area (Å²) >= 11 is 5.59. The first-order valence-electron chi connectivity index (χ1n) is 6.92. The lowest BCUT2D eigenvalue weighted by atomic mass is 9.78. The molecule has 0 aromatic rings. The van der Waals surface area contributed by atoms with Crippen LogP contribution in [0.1, 0.15) is 38.5 Å². The van der Waals surface area contributed by atoms with Crippen molar-refractivity contribution in [1.29, 1.82) is 0 Å². The largest absolute Gasteiger partial charge is 0.348 e. The predicted molar refractivity (Wildman–Crippen MR) is 79.2 cm³/mol. The van der Waals surface area contributed by atoms with E-state index in [1.807, 2.05) is 11.8 Å². The molecule has 2 nitrogen and oxygen atoms in total. The predicted octanol–water partition coefficient (Wildman–Crippen LogP) is 3.51. The molecule has 96 valence electrons. The number of thioether (sulfide) groups is 1. The van der Waals surface area contributed by atoms with Gasteiger partial charge in [0.1, 0.15) is 0 Å². The number of piperidine rings is 1. The first-order valence-corrected chi connectivity index (χ1v) is 8.92. The second-order valence-corrected chi connectivity index (χ2v) is 7.38. The highest BCUT2D eigenvalue weighted by molar-refractivity contribution is 9.09. The molecule has 2 aliphatic heterocycles. The average Bonchev–Trinajstić information content (AvgIpc) is 2.87. The SMILES string of the molecule is BrCC1CN=C(N2CCC[C@H]3CCCC[C@H]32)S1. The van der Waals surface area contributed by atoms with Gasteiger partial charge in [-0.3, -0.25) is 4.99 Å². The van der Waals surface area contributed by atoms with E-state index in [1.165, 1.54) is 50.2 Å². The van der Waals surface area contributed by atoms with Crippen molar-refractivity contribution in [2.45, 2.75) is 49.8 Å². The van der Waals surface area contributed by atoms with Gasteiger partial charge in [0.25, 0.3) is 0 Å². The minimum absolute atomic E-state index is 0.675. The van der Waals surface area contributed by atoms with Gasteiger partial charge in [-0.25, -0.2) is 0 Å². The van der Waals surface area contributed by atoms with Crippen molar-refractivity contribution in [3.05, 3.63) is 0 Å². The Balaban J connectivity index is 1.69. The maximum atomic E-state index is 4.78. The summed E-state index contributed by atoms with van der Waals surface area (Å²) < 4.78 is 0. The summed E-state index contributed by atoms with van der Waals surface area (Å²) in [6.45, 7) is 2.27. The minimum atomic E-state index is 0.675. The lowest BCUT2D eigenvalue weighted by Gasteiger charge is -2.45. The van der Waals surface area contributed by atoms with Gasteiger partial charge in [0, 0.05) is 23.2 Å². The highest BCUT2D eigenvalue weighted by Crippen LogP contribution is 2.38. The van der Waals surface area contributed by atoms with Crippen molar-refractivity contribution in [1.82, 2.24) is 4.90 Å². The van der Waals surface area contributed by atoms with Crippen LogP contribution in [0, 0.1) is 5.92 Å². The number of alkyl halides is 1. The maximum Gasteiger partial charge on any atom is 0.159 e.